The van der Waals surface area contributed by atoms with E-state index in [0.29, 0.717) is 6.08 Å². The lowest BCUT2D eigenvalue weighted by molar-refractivity contribution is -0.262. The molecule has 0 N–H and O–H groups in total. The van der Waals surface area contributed by atoms with E-state index in [2.05, 4.69) is 13.2 Å². The molecule has 0 unspecified atom stereocenters. The van der Waals surface area contributed by atoms with Gasteiger partial charge in [0.05, 0.1) is 0 Å². The number of rotatable bonds is 3. The first-order chi connectivity index (χ1) is 5.73. The summed E-state index contributed by atoms with van der Waals surface area (Å²) in [6.45, 7) is 5.75. The molecule has 0 aliphatic carbocycles. The highest BCUT2D eigenvalue weighted by molar-refractivity contribution is 5.26. The van der Waals surface area contributed by atoms with Crippen molar-refractivity contribution in [3.63, 3.8) is 0 Å². The Labute approximate surface area is 72.1 Å². The van der Waals surface area contributed by atoms with E-state index >= 15 is 0 Å². The fourth-order valence-corrected chi connectivity index (χ4v) is 0.471. The monoisotopic (exact) mass is 198 g/mol. The van der Waals surface area contributed by atoms with Gasteiger partial charge in [0.15, 0.2) is 0 Å². The third kappa shape index (κ3) is 2.68. The number of halogens is 5. The Balaban J connectivity index is 4.74. The summed E-state index contributed by atoms with van der Waals surface area (Å²) in [6.07, 6.45) is -2.99. The van der Waals surface area contributed by atoms with Crippen molar-refractivity contribution < 1.29 is 22.0 Å². The number of hydrogen-bond donors (Lipinski definition) is 0. The highest BCUT2D eigenvalue weighted by Gasteiger charge is 2.58. The van der Waals surface area contributed by atoms with Crippen LogP contribution in [0.5, 0.6) is 0 Å². The van der Waals surface area contributed by atoms with Crippen molar-refractivity contribution in [1.82, 2.24) is 0 Å². The van der Waals surface area contributed by atoms with Crippen LogP contribution < -0.4 is 0 Å². The summed E-state index contributed by atoms with van der Waals surface area (Å²) in [5.74, 6) is -4.88. The molecule has 0 aromatic rings. The number of hydrogen-bond acceptors (Lipinski definition) is 0. The van der Waals surface area contributed by atoms with E-state index in [-0.39, 0.29) is 0 Å². The average Bonchev–Trinajstić information content (AvgIpc) is 1.97. The van der Waals surface area contributed by atoms with Crippen molar-refractivity contribution in [3.05, 3.63) is 37.0 Å². The molecule has 0 heterocycles. The Morgan fingerprint density at radius 3 is 1.85 bits per heavy atom. The molecular weight excluding hydrogens is 191 g/mol. The van der Waals surface area contributed by atoms with E-state index < -0.39 is 17.7 Å². The highest BCUT2D eigenvalue weighted by Crippen LogP contribution is 2.40. The van der Waals surface area contributed by atoms with Crippen molar-refractivity contribution in [2.24, 2.45) is 0 Å². The molecule has 0 aliphatic heterocycles. The summed E-state index contributed by atoms with van der Waals surface area (Å²) in [6, 6.07) is 0. The SMILES string of the molecule is C=C/C=C\C(=C)C(F)(F)C(F)(F)F. The Morgan fingerprint density at radius 1 is 1.08 bits per heavy atom. The molecule has 0 spiro atoms. The Hall–Kier alpha value is -1.13. The molecule has 0 fully saturated rings. The van der Waals surface area contributed by atoms with E-state index in [9.17, 15) is 22.0 Å². The van der Waals surface area contributed by atoms with Gasteiger partial charge in [-0.15, -0.1) is 0 Å². The van der Waals surface area contributed by atoms with Crippen LogP contribution in [-0.4, -0.2) is 12.1 Å². The van der Waals surface area contributed by atoms with Crippen molar-refractivity contribution in [2.75, 3.05) is 0 Å². The van der Waals surface area contributed by atoms with Crippen molar-refractivity contribution >= 4 is 0 Å². The van der Waals surface area contributed by atoms with E-state index in [1.54, 1.807) is 0 Å². The molecule has 0 aromatic carbocycles. The van der Waals surface area contributed by atoms with Gasteiger partial charge < -0.3 is 0 Å². The molecule has 0 atom stereocenters. The normalized spacial score (nSPS) is 13.3. The molecule has 0 bridgehead atoms. The van der Waals surface area contributed by atoms with Gasteiger partial charge in [0.25, 0.3) is 0 Å². The van der Waals surface area contributed by atoms with Crippen LogP contribution in [0.2, 0.25) is 0 Å². The first kappa shape index (κ1) is 11.9. The lowest BCUT2D eigenvalue weighted by Crippen LogP contribution is -2.37. The molecule has 74 valence electrons. The standard InChI is InChI=1S/C8H7F5/c1-3-4-5-6(2)7(9,10)8(11,12)13/h3-5H,1-2H2/b5-4-. The molecule has 0 aromatic heterocycles. The molecule has 0 rings (SSSR count). The zero-order valence-corrected chi connectivity index (χ0v) is 6.54. The Kier molecular flexibility index (Phi) is 3.40. The van der Waals surface area contributed by atoms with Crippen molar-refractivity contribution in [1.29, 1.82) is 0 Å². The van der Waals surface area contributed by atoms with Crippen molar-refractivity contribution in [3.8, 4) is 0 Å². The first-order valence-electron chi connectivity index (χ1n) is 3.16. The van der Waals surface area contributed by atoms with Gasteiger partial charge >= 0.3 is 12.1 Å². The molecule has 5 heteroatoms. The zero-order valence-electron chi connectivity index (χ0n) is 6.54. The second kappa shape index (κ2) is 3.72. The highest BCUT2D eigenvalue weighted by atomic mass is 19.4. The largest absolute Gasteiger partial charge is 0.458 e. The Morgan fingerprint density at radius 2 is 1.54 bits per heavy atom. The van der Waals surface area contributed by atoms with Crippen LogP contribution in [0.1, 0.15) is 0 Å². The number of alkyl halides is 5. The molecule has 0 nitrogen and oxygen atoms in total. The van der Waals surface area contributed by atoms with Gasteiger partial charge in [-0.1, -0.05) is 31.4 Å². The van der Waals surface area contributed by atoms with Gasteiger partial charge in [-0.2, -0.15) is 22.0 Å². The van der Waals surface area contributed by atoms with Gasteiger partial charge in [-0.3, -0.25) is 0 Å². The maximum Gasteiger partial charge on any atom is 0.458 e. The van der Waals surface area contributed by atoms with Crippen LogP contribution in [0.3, 0.4) is 0 Å². The van der Waals surface area contributed by atoms with Gasteiger partial charge in [-0.05, 0) is 0 Å². The second-order valence-electron chi connectivity index (χ2n) is 2.19. The van der Waals surface area contributed by atoms with Crippen LogP contribution >= 0.6 is 0 Å². The summed E-state index contributed by atoms with van der Waals surface area (Å²) >= 11 is 0. The van der Waals surface area contributed by atoms with Crippen LogP contribution in [-0.2, 0) is 0 Å². The maximum atomic E-state index is 12.3. The third-order valence-electron chi connectivity index (χ3n) is 1.19. The second-order valence-corrected chi connectivity index (χ2v) is 2.19. The summed E-state index contributed by atoms with van der Waals surface area (Å²) in [5, 5.41) is 0. The molecule has 0 saturated carbocycles. The molecule has 13 heavy (non-hydrogen) atoms. The van der Waals surface area contributed by atoms with E-state index in [1.807, 2.05) is 0 Å². The number of allylic oxidation sites excluding steroid dienone is 4. The molecule has 0 saturated heterocycles. The summed E-state index contributed by atoms with van der Waals surface area (Å²) < 4.78 is 59.6. The van der Waals surface area contributed by atoms with E-state index in [4.69, 9.17) is 0 Å². The average molecular weight is 198 g/mol. The Bertz CT molecular complexity index is 233. The van der Waals surface area contributed by atoms with E-state index in [1.165, 1.54) is 0 Å². The summed E-state index contributed by atoms with van der Waals surface area (Å²) in [4.78, 5) is 0. The predicted molar refractivity (Wildman–Crippen MR) is 39.5 cm³/mol. The van der Waals surface area contributed by atoms with Crippen LogP contribution in [0.4, 0.5) is 22.0 Å². The lowest BCUT2D eigenvalue weighted by atomic mass is 10.1. The van der Waals surface area contributed by atoms with Gasteiger partial charge in [0, 0.05) is 5.57 Å². The minimum Gasteiger partial charge on any atom is -0.191 e. The van der Waals surface area contributed by atoms with Gasteiger partial charge in [0.1, 0.15) is 0 Å². The third-order valence-corrected chi connectivity index (χ3v) is 1.19. The maximum absolute atomic E-state index is 12.3. The minimum atomic E-state index is -5.60. The zero-order chi connectivity index (χ0) is 10.7. The minimum absolute atomic E-state index is 0.570. The van der Waals surface area contributed by atoms with E-state index in [0.717, 1.165) is 12.2 Å². The van der Waals surface area contributed by atoms with Crippen molar-refractivity contribution in [2.45, 2.75) is 12.1 Å². The topological polar surface area (TPSA) is 0 Å². The van der Waals surface area contributed by atoms with Gasteiger partial charge in [0.2, 0.25) is 0 Å². The van der Waals surface area contributed by atoms with Gasteiger partial charge in [-0.25, -0.2) is 0 Å². The fourth-order valence-electron chi connectivity index (χ4n) is 0.471. The quantitative estimate of drug-likeness (QED) is 0.481. The summed E-state index contributed by atoms with van der Waals surface area (Å²) in [5.41, 5.74) is -1.31. The first-order valence-corrected chi connectivity index (χ1v) is 3.16. The molecule has 0 radical (unpaired) electrons. The lowest BCUT2D eigenvalue weighted by Gasteiger charge is -2.19. The predicted octanol–water partition coefficient (Wildman–Crippen LogP) is 3.48. The fraction of sp³-hybridized carbons (Fsp3) is 0.250. The molecular formula is C8H7F5. The van der Waals surface area contributed by atoms with Crippen LogP contribution in [0.25, 0.3) is 0 Å². The molecule has 0 amide bonds. The van der Waals surface area contributed by atoms with Crippen LogP contribution in [0.15, 0.2) is 37.0 Å². The van der Waals surface area contributed by atoms with Crippen LogP contribution in [0, 0.1) is 0 Å². The summed E-state index contributed by atoms with van der Waals surface area (Å²) in [7, 11) is 0. The molecule has 0 aliphatic rings. The smallest absolute Gasteiger partial charge is 0.191 e.